The van der Waals surface area contributed by atoms with E-state index in [2.05, 4.69) is 73.9 Å². The zero-order valence-electron chi connectivity index (χ0n) is 9.34. The molecule has 1 heterocycles. The van der Waals surface area contributed by atoms with E-state index in [4.69, 9.17) is 0 Å². The van der Waals surface area contributed by atoms with Crippen LogP contribution in [0.1, 0.15) is 10.6 Å². The van der Waals surface area contributed by atoms with Gasteiger partial charge in [0.2, 0.25) is 0 Å². The molecule has 0 radical (unpaired) electrons. The van der Waals surface area contributed by atoms with Gasteiger partial charge in [0, 0.05) is 31.6 Å². The number of hydrogen-bond acceptors (Lipinski definition) is 3. The zero-order valence-corrected chi connectivity index (χ0v) is 13.9. The van der Waals surface area contributed by atoms with Gasteiger partial charge in [-0.2, -0.15) is 0 Å². The molecule has 0 bridgehead atoms. The number of nitrogens with one attached hydrogen (secondary N) is 1. The standard InChI is InChI=1S/C12H12BrIN2S/c1-8-12(17-7-16-8)4-5-15-11-6-9(14)2-3-10(11)13/h2-3,6-7,15H,4-5H2,1H3. The van der Waals surface area contributed by atoms with E-state index in [0.29, 0.717) is 0 Å². The average molecular weight is 423 g/mol. The first kappa shape index (κ1) is 13.3. The fraction of sp³-hybridized carbons (Fsp3) is 0.250. The molecule has 0 unspecified atom stereocenters. The molecule has 5 heteroatoms. The summed E-state index contributed by atoms with van der Waals surface area (Å²) >= 11 is 7.60. The maximum atomic E-state index is 4.25. The number of thiazole rings is 1. The summed E-state index contributed by atoms with van der Waals surface area (Å²) in [5.74, 6) is 0. The fourth-order valence-corrected chi connectivity index (χ4v) is 3.17. The molecule has 2 nitrogen and oxygen atoms in total. The highest BCUT2D eigenvalue weighted by Gasteiger charge is 2.03. The number of rotatable bonds is 4. The highest BCUT2D eigenvalue weighted by Crippen LogP contribution is 2.24. The summed E-state index contributed by atoms with van der Waals surface area (Å²) in [6, 6.07) is 6.30. The van der Waals surface area contributed by atoms with Crippen molar-refractivity contribution < 1.29 is 0 Å². The third-order valence-corrected chi connectivity index (χ3v) is 4.80. The third-order valence-electron chi connectivity index (χ3n) is 2.44. The molecule has 0 aliphatic heterocycles. The number of hydrogen-bond donors (Lipinski definition) is 1. The van der Waals surface area contributed by atoms with Crippen LogP contribution >= 0.6 is 49.9 Å². The van der Waals surface area contributed by atoms with Crippen LogP contribution in [0.2, 0.25) is 0 Å². The van der Waals surface area contributed by atoms with E-state index in [-0.39, 0.29) is 0 Å². The normalized spacial score (nSPS) is 10.5. The van der Waals surface area contributed by atoms with Crippen molar-refractivity contribution in [2.75, 3.05) is 11.9 Å². The van der Waals surface area contributed by atoms with Crippen LogP contribution in [-0.2, 0) is 6.42 Å². The summed E-state index contributed by atoms with van der Waals surface area (Å²) in [4.78, 5) is 5.61. The van der Waals surface area contributed by atoms with Gasteiger partial charge in [0.15, 0.2) is 0 Å². The Morgan fingerprint density at radius 2 is 2.29 bits per heavy atom. The highest BCUT2D eigenvalue weighted by molar-refractivity contribution is 14.1. The summed E-state index contributed by atoms with van der Waals surface area (Å²) in [5.41, 5.74) is 4.21. The van der Waals surface area contributed by atoms with Crippen LogP contribution in [0.15, 0.2) is 28.2 Å². The molecule has 0 fully saturated rings. The Bertz CT molecular complexity index is 513. The molecule has 90 valence electrons. The van der Waals surface area contributed by atoms with Crippen molar-refractivity contribution in [3.8, 4) is 0 Å². The second-order valence-corrected chi connectivity index (χ2v) is 6.70. The number of aryl methyl sites for hydroxylation is 1. The second kappa shape index (κ2) is 6.15. The molecular weight excluding hydrogens is 411 g/mol. The molecule has 17 heavy (non-hydrogen) atoms. The summed E-state index contributed by atoms with van der Waals surface area (Å²) < 4.78 is 2.35. The van der Waals surface area contributed by atoms with E-state index in [0.717, 1.165) is 28.8 Å². The number of benzene rings is 1. The first-order chi connectivity index (χ1) is 8.16. The van der Waals surface area contributed by atoms with Crippen LogP contribution in [0.25, 0.3) is 0 Å². The Morgan fingerprint density at radius 3 is 3.00 bits per heavy atom. The van der Waals surface area contributed by atoms with Crippen LogP contribution in [0.4, 0.5) is 5.69 Å². The summed E-state index contributed by atoms with van der Waals surface area (Å²) in [7, 11) is 0. The average Bonchev–Trinajstić information content (AvgIpc) is 2.70. The van der Waals surface area contributed by atoms with Gasteiger partial charge in [-0.15, -0.1) is 11.3 Å². The lowest BCUT2D eigenvalue weighted by molar-refractivity contribution is 1.02. The summed E-state index contributed by atoms with van der Waals surface area (Å²) in [6.45, 7) is 2.99. The van der Waals surface area contributed by atoms with Gasteiger partial charge in [-0.1, -0.05) is 0 Å². The minimum absolute atomic E-state index is 0.932. The second-order valence-electron chi connectivity index (χ2n) is 3.66. The van der Waals surface area contributed by atoms with Crippen LogP contribution in [0.3, 0.4) is 0 Å². The zero-order chi connectivity index (χ0) is 12.3. The molecular formula is C12H12BrIN2S. The minimum Gasteiger partial charge on any atom is -0.384 e. The predicted octanol–water partition coefficient (Wildman–Crippen LogP) is 4.47. The first-order valence-electron chi connectivity index (χ1n) is 5.24. The molecule has 0 atom stereocenters. The first-order valence-corrected chi connectivity index (χ1v) is 8.00. The van der Waals surface area contributed by atoms with Gasteiger partial charge in [-0.25, -0.2) is 4.98 Å². The Labute approximate surface area is 127 Å². The molecule has 0 aliphatic carbocycles. The van der Waals surface area contributed by atoms with Gasteiger partial charge in [-0.3, -0.25) is 0 Å². The van der Waals surface area contributed by atoms with Gasteiger partial charge in [0.25, 0.3) is 0 Å². The highest BCUT2D eigenvalue weighted by atomic mass is 127. The summed E-state index contributed by atoms with van der Waals surface area (Å²) in [5, 5.41) is 3.45. The topological polar surface area (TPSA) is 24.9 Å². The number of nitrogens with zero attached hydrogens (tertiary/aromatic N) is 1. The van der Waals surface area contributed by atoms with E-state index in [9.17, 15) is 0 Å². The van der Waals surface area contributed by atoms with Crippen molar-refractivity contribution in [1.29, 1.82) is 0 Å². The molecule has 1 aromatic carbocycles. The lowest BCUT2D eigenvalue weighted by atomic mass is 10.3. The van der Waals surface area contributed by atoms with Crippen molar-refractivity contribution in [1.82, 2.24) is 4.98 Å². The molecule has 1 N–H and O–H groups in total. The van der Waals surface area contributed by atoms with E-state index in [1.165, 1.54) is 8.45 Å². The van der Waals surface area contributed by atoms with Crippen LogP contribution in [0.5, 0.6) is 0 Å². The van der Waals surface area contributed by atoms with Crippen molar-refractivity contribution in [3.63, 3.8) is 0 Å². The van der Waals surface area contributed by atoms with E-state index in [1.807, 2.05) is 5.51 Å². The predicted molar refractivity (Wildman–Crippen MR) is 85.9 cm³/mol. The van der Waals surface area contributed by atoms with Gasteiger partial charge in [0.1, 0.15) is 0 Å². The molecule has 0 saturated heterocycles. The van der Waals surface area contributed by atoms with E-state index >= 15 is 0 Å². The Balaban J connectivity index is 1.94. The molecule has 2 rings (SSSR count). The minimum atomic E-state index is 0.932. The smallest absolute Gasteiger partial charge is 0.0797 e. The maximum Gasteiger partial charge on any atom is 0.0797 e. The van der Waals surface area contributed by atoms with Crippen molar-refractivity contribution in [2.45, 2.75) is 13.3 Å². The molecule has 0 amide bonds. The SMILES string of the molecule is Cc1ncsc1CCNc1cc(I)ccc1Br. The van der Waals surface area contributed by atoms with E-state index in [1.54, 1.807) is 11.3 Å². The van der Waals surface area contributed by atoms with Gasteiger partial charge >= 0.3 is 0 Å². The molecule has 0 saturated carbocycles. The van der Waals surface area contributed by atoms with Crippen molar-refractivity contribution in [3.05, 3.63) is 42.3 Å². The summed E-state index contributed by atoms with van der Waals surface area (Å²) in [6.07, 6.45) is 1.02. The van der Waals surface area contributed by atoms with Crippen LogP contribution < -0.4 is 5.32 Å². The van der Waals surface area contributed by atoms with Crippen molar-refractivity contribution >= 4 is 55.5 Å². The number of anilines is 1. The Hall–Kier alpha value is -0.140. The van der Waals surface area contributed by atoms with Crippen molar-refractivity contribution in [2.24, 2.45) is 0 Å². The number of aromatic nitrogens is 1. The largest absolute Gasteiger partial charge is 0.384 e. The number of halogens is 2. The van der Waals surface area contributed by atoms with Crippen LogP contribution in [0, 0.1) is 10.5 Å². The quantitative estimate of drug-likeness (QED) is 0.735. The fourth-order valence-electron chi connectivity index (χ4n) is 1.51. The molecule has 0 aliphatic rings. The monoisotopic (exact) mass is 422 g/mol. The lowest BCUT2D eigenvalue weighted by Gasteiger charge is -2.08. The van der Waals surface area contributed by atoms with Gasteiger partial charge in [-0.05, 0) is 63.6 Å². The van der Waals surface area contributed by atoms with Gasteiger partial charge < -0.3 is 5.32 Å². The molecule has 0 spiro atoms. The third kappa shape index (κ3) is 3.66. The Kier molecular flexibility index (Phi) is 4.81. The molecule has 1 aromatic heterocycles. The maximum absolute atomic E-state index is 4.25. The van der Waals surface area contributed by atoms with E-state index < -0.39 is 0 Å². The lowest BCUT2D eigenvalue weighted by Crippen LogP contribution is -2.05. The van der Waals surface area contributed by atoms with Crippen LogP contribution in [-0.4, -0.2) is 11.5 Å². The van der Waals surface area contributed by atoms with Gasteiger partial charge in [0.05, 0.1) is 11.2 Å². The Morgan fingerprint density at radius 1 is 1.47 bits per heavy atom. The molecule has 2 aromatic rings.